The molecular weight excluding hydrogens is 245 g/mol. The van der Waals surface area contributed by atoms with Crippen LogP contribution in [-0.4, -0.2) is 16.5 Å². The second kappa shape index (κ2) is 5.65. The molecule has 19 heavy (non-hydrogen) atoms. The maximum Gasteiger partial charge on any atom is 0.260 e. The highest BCUT2D eigenvalue weighted by molar-refractivity contribution is 5.36. The van der Waals surface area contributed by atoms with E-state index < -0.39 is 5.82 Å². The molecule has 0 saturated carbocycles. The normalized spacial score (nSPS) is 10.3. The third-order valence-corrected chi connectivity index (χ3v) is 2.46. The number of hydrogen-bond acceptors (Lipinski definition) is 4. The molecule has 1 aromatic heterocycles. The molecule has 0 fully saturated rings. The molecule has 2 aromatic rings. The van der Waals surface area contributed by atoms with Crippen LogP contribution in [0.15, 0.2) is 24.4 Å². The topological polar surface area (TPSA) is 47.0 Å². The molecule has 100 valence electrons. The molecule has 0 aliphatic rings. The zero-order valence-electron chi connectivity index (χ0n) is 11.2. The summed E-state index contributed by atoms with van der Waals surface area (Å²) in [7, 11) is 0. The molecule has 5 heteroatoms. The van der Waals surface area contributed by atoms with E-state index in [1.807, 2.05) is 39.0 Å². The SMILES string of the molecule is CCNc1ncc(F)c(Oc2cc(C)cc(C)c2)n1. The smallest absolute Gasteiger partial charge is 0.260 e. The average molecular weight is 261 g/mol. The van der Waals surface area contributed by atoms with Crippen LogP contribution in [0.3, 0.4) is 0 Å². The fraction of sp³-hybridized carbons (Fsp3) is 0.286. The highest BCUT2D eigenvalue weighted by Crippen LogP contribution is 2.24. The van der Waals surface area contributed by atoms with Crippen LogP contribution in [0, 0.1) is 19.7 Å². The van der Waals surface area contributed by atoms with Crippen molar-refractivity contribution in [2.24, 2.45) is 0 Å². The van der Waals surface area contributed by atoms with Crippen molar-refractivity contribution in [3.63, 3.8) is 0 Å². The molecule has 0 spiro atoms. The van der Waals surface area contributed by atoms with Crippen LogP contribution < -0.4 is 10.1 Å². The van der Waals surface area contributed by atoms with Crippen molar-refractivity contribution in [3.05, 3.63) is 41.3 Å². The fourth-order valence-corrected chi connectivity index (χ4v) is 1.77. The van der Waals surface area contributed by atoms with Crippen molar-refractivity contribution >= 4 is 5.95 Å². The van der Waals surface area contributed by atoms with Gasteiger partial charge in [0.15, 0.2) is 0 Å². The lowest BCUT2D eigenvalue weighted by molar-refractivity contribution is 0.420. The Bertz CT molecular complexity index is 567. The van der Waals surface area contributed by atoms with Gasteiger partial charge in [0.05, 0.1) is 6.20 Å². The molecule has 0 bridgehead atoms. The zero-order chi connectivity index (χ0) is 13.8. The Morgan fingerprint density at radius 1 is 1.21 bits per heavy atom. The van der Waals surface area contributed by atoms with Gasteiger partial charge >= 0.3 is 0 Å². The lowest BCUT2D eigenvalue weighted by Gasteiger charge is -2.09. The largest absolute Gasteiger partial charge is 0.436 e. The Morgan fingerprint density at radius 2 is 1.89 bits per heavy atom. The number of nitrogens with one attached hydrogen (secondary N) is 1. The second-order valence-corrected chi connectivity index (χ2v) is 4.30. The quantitative estimate of drug-likeness (QED) is 0.915. The number of aryl methyl sites for hydroxylation is 2. The Labute approximate surface area is 111 Å². The van der Waals surface area contributed by atoms with Gasteiger partial charge in [-0.25, -0.2) is 4.98 Å². The summed E-state index contributed by atoms with van der Waals surface area (Å²) < 4.78 is 19.1. The second-order valence-electron chi connectivity index (χ2n) is 4.30. The van der Waals surface area contributed by atoms with Gasteiger partial charge in [-0.15, -0.1) is 0 Å². The van der Waals surface area contributed by atoms with Crippen molar-refractivity contribution in [1.29, 1.82) is 0 Å². The monoisotopic (exact) mass is 261 g/mol. The van der Waals surface area contributed by atoms with E-state index in [9.17, 15) is 4.39 Å². The molecular formula is C14H16FN3O. The van der Waals surface area contributed by atoms with Gasteiger partial charge in [-0.1, -0.05) is 6.07 Å². The Balaban J connectivity index is 2.28. The summed E-state index contributed by atoms with van der Waals surface area (Å²) in [6.45, 7) is 6.49. The number of halogens is 1. The van der Waals surface area contributed by atoms with E-state index in [-0.39, 0.29) is 5.88 Å². The van der Waals surface area contributed by atoms with Gasteiger partial charge in [-0.3, -0.25) is 0 Å². The number of hydrogen-bond donors (Lipinski definition) is 1. The lowest BCUT2D eigenvalue weighted by atomic mass is 10.1. The van der Waals surface area contributed by atoms with E-state index in [0.29, 0.717) is 18.2 Å². The minimum atomic E-state index is -0.583. The molecule has 2 rings (SSSR count). The summed E-state index contributed by atoms with van der Waals surface area (Å²) in [6, 6.07) is 5.69. The van der Waals surface area contributed by atoms with Gasteiger partial charge in [-0.05, 0) is 44.0 Å². The summed E-state index contributed by atoms with van der Waals surface area (Å²) >= 11 is 0. The number of aromatic nitrogens is 2. The Hall–Kier alpha value is -2.17. The molecule has 0 unspecified atom stereocenters. The van der Waals surface area contributed by atoms with Gasteiger partial charge in [0.25, 0.3) is 5.88 Å². The molecule has 0 amide bonds. The van der Waals surface area contributed by atoms with Crippen molar-refractivity contribution in [2.45, 2.75) is 20.8 Å². The van der Waals surface area contributed by atoms with Crippen LogP contribution >= 0.6 is 0 Å². The molecule has 0 radical (unpaired) electrons. The lowest BCUT2D eigenvalue weighted by Crippen LogP contribution is -2.04. The summed E-state index contributed by atoms with van der Waals surface area (Å²) in [5.41, 5.74) is 2.10. The number of anilines is 1. The molecule has 1 aromatic carbocycles. The highest BCUT2D eigenvalue weighted by atomic mass is 19.1. The first kappa shape index (κ1) is 13.3. The predicted molar refractivity (Wildman–Crippen MR) is 72.1 cm³/mol. The van der Waals surface area contributed by atoms with Gasteiger partial charge in [0.2, 0.25) is 11.8 Å². The van der Waals surface area contributed by atoms with Crippen LogP contribution in [0.1, 0.15) is 18.1 Å². The minimum absolute atomic E-state index is 0.0732. The maximum absolute atomic E-state index is 13.6. The molecule has 4 nitrogen and oxygen atoms in total. The summed E-state index contributed by atoms with van der Waals surface area (Å²) in [5, 5.41) is 2.91. The maximum atomic E-state index is 13.6. The van der Waals surface area contributed by atoms with E-state index >= 15 is 0 Å². The van der Waals surface area contributed by atoms with E-state index in [0.717, 1.165) is 17.3 Å². The molecule has 0 aliphatic carbocycles. The van der Waals surface area contributed by atoms with E-state index in [4.69, 9.17) is 4.74 Å². The van der Waals surface area contributed by atoms with Crippen LogP contribution in [0.2, 0.25) is 0 Å². The van der Waals surface area contributed by atoms with Gasteiger partial charge in [-0.2, -0.15) is 9.37 Å². The van der Waals surface area contributed by atoms with Crippen molar-refractivity contribution in [3.8, 4) is 11.6 Å². The highest BCUT2D eigenvalue weighted by Gasteiger charge is 2.09. The number of rotatable bonds is 4. The molecule has 1 heterocycles. The minimum Gasteiger partial charge on any atom is -0.436 e. The number of ether oxygens (including phenoxy) is 1. The van der Waals surface area contributed by atoms with Crippen LogP contribution in [-0.2, 0) is 0 Å². The predicted octanol–water partition coefficient (Wildman–Crippen LogP) is 3.46. The van der Waals surface area contributed by atoms with Gasteiger partial charge in [0, 0.05) is 6.54 Å². The van der Waals surface area contributed by atoms with Crippen molar-refractivity contribution in [1.82, 2.24) is 9.97 Å². The van der Waals surface area contributed by atoms with Crippen LogP contribution in [0.25, 0.3) is 0 Å². The van der Waals surface area contributed by atoms with Crippen LogP contribution in [0.4, 0.5) is 10.3 Å². The molecule has 0 atom stereocenters. The first-order chi connectivity index (χ1) is 9.08. The molecule has 0 aliphatic heterocycles. The third-order valence-electron chi connectivity index (χ3n) is 2.46. The van der Waals surface area contributed by atoms with E-state index in [2.05, 4.69) is 15.3 Å². The van der Waals surface area contributed by atoms with E-state index in [1.54, 1.807) is 0 Å². The van der Waals surface area contributed by atoms with Gasteiger partial charge in [0.1, 0.15) is 5.75 Å². The summed E-state index contributed by atoms with van der Waals surface area (Å²) in [5.74, 6) is 0.262. The molecule has 1 N–H and O–H groups in total. The number of nitrogens with zero attached hydrogens (tertiary/aromatic N) is 2. The molecule has 0 saturated heterocycles. The fourth-order valence-electron chi connectivity index (χ4n) is 1.77. The van der Waals surface area contributed by atoms with E-state index in [1.165, 1.54) is 0 Å². The first-order valence-corrected chi connectivity index (χ1v) is 6.11. The van der Waals surface area contributed by atoms with Crippen LogP contribution in [0.5, 0.6) is 11.6 Å². The summed E-state index contributed by atoms with van der Waals surface area (Å²) in [6.07, 6.45) is 1.10. The number of benzene rings is 1. The first-order valence-electron chi connectivity index (χ1n) is 6.11. The van der Waals surface area contributed by atoms with Crippen molar-refractivity contribution in [2.75, 3.05) is 11.9 Å². The Morgan fingerprint density at radius 3 is 2.53 bits per heavy atom. The third kappa shape index (κ3) is 3.40. The zero-order valence-corrected chi connectivity index (χ0v) is 11.2. The standard InChI is InChI=1S/C14H16FN3O/c1-4-16-14-17-8-12(15)13(18-14)19-11-6-9(2)5-10(3)7-11/h5-8H,4H2,1-3H3,(H,16,17,18). The average Bonchev–Trinajstić information content (AvgIpc) is 2.32. The Kier molecular flexibility index (Phi) is 3.94. The summed E-state index contributed by atoms with van der Waals surface area (Å²) in [4.78, 5) is 7.83. The van der Waals surface area contributed by atoms with Crippen molar-refractivity contribution < 1.29 is 9.13 Å². The van der Waals surface area contributed by atoms with Gasteiger partial charge < -0.3 is 10.1 Å².